The summed E-state index contributed by atoms with van der Waals surface area (Å²) in [7, 11) is 0. The molecule has 3 rings (SSSR count). The van der Waals surface area contributed by atoms with Gasteiger partial charge in [0.25, 0.3) is 0 Å². The minimum absolute atomic E-state index is 0.292. The van der Waals surface area contributed by atoms with Gasteiger partial charge in [0.2, 0.25) is 0 Å². The van der Waals surface area contributed by atoms with Gasteiger partial charge in [-0.05, 0) is 18.6 Å². The molecule has 0 spiro atoms. The molecule has 0 radical (unpaired) electrons. The van der Waals surface area contributed by atoms with Crippen LogP contribution in [0.3, 0.4) is 0 Å². The van der Waals surface area contributed by atoms with Gasteiger partial charge in [-0.25, -0.2) is 4.98 Å². The van der Waals surface area contributed by atoms with E-state index in [9.17, 15) is 0 Å². The average molecular weight is 315 g/mol. The molecule has 2 N–H and O–H groups in total. The van der Waals surface area contributed by atoms with Gasteiger partial charge < -0.3 is 5.73 Å². The lowest BCUT2D eigenvalue weighted by Crippen LogP contribution is -2.12. The minimum Gasteiger partial charge on any atom is -0.318 e. The third-order valence-electron chi connectivity index (χ3n) is 3.37. The zero-order valence-electron chi connectivity index (χ0n) is 11.6. The lowest BCUT2D eigenvalue weighted by atomic mass is 10.1. The lowest BCUT2D eigenvalue weighted by Gasteiger charge is -2.10. The maximum atomic E-state index is 6.34. The second kappa shape index (κ2) is 5.98. The first-order valence-electron chi connectivity index (χ1n) is 6.69. The van der Waals surface area contributed by atoms with Gasteiger partial charge in [0.05, 0.1) is 11.7 Å². The molecule has 21 heavy (non-hydrogen) atoms. The smallest absolute Gasteiger partial charge is 0.115 e. The van der Waals surface area contributed by atoms with Crippen molar-refractivity contribution in [1.29, 1.82) is 0 Å². The van der Waals surface area contributed by atoms with Gasteiger partial charge in [-0.2, -0.15) is 0 Å². The summed E-state index contributed by atoms with van der Waals surface area (Å²) in [4.78, 5) is 5.90. The Hall–Kier alpha value is -1.68. The van der Waals surface area contributed by atoms with Gasteiger partial charge in [-0.1, -0.05) is 60.1 Å². The van der Waals surface area contributed by atoms with Crippen molar-refractivity contribution < 1.29 is 0 Å². The van der Waals surface area contributed by atoms with E-state index in [1.807, 2.05) is 42.5 Å². The van der Waals surface area contributed by atoms with Crippen molar-refractivity contribution in [2.75, 3.05) is 0 Å². The molecule has 0 bridgehead atoms. The Morgan fingerprint density at radius 2 is 1.71 bits per heavy atom. The number of halogens is 1. The van der Waals surface area contributed by atoms with Crippen LogP contribution in [0.2, 0.25) is 5.02 Å². The number of nitrogens with zero attached hydrogens (tertiary/aromatic N) is 1. The van der Waals surface area contributed by atoms with E-state index in [-0.39, 0.29) is 6.04 Å². The van der Waals surface area contributed by atoms with Crippen molar-refractivity contribution in [2.45, 2.75) is 13.0 Å². The molecular weight excluding hydrogens is 300 g/mol. The number of benzene rings is 2. The average Bonchev–Trinajstić information content (AvgIpc) is 2.90. The number of hydrogen-bond acceptors (Lipinski definition) is 3. The van der Waals surface area contributed by atoms with Crippen LogP contribution < -0.4 is 5.73 Å². The Bertz CT molecular complexity index is 752. The molecule has 2 nitrogen and oxygen atoms in total. The van der Waals surface area contributed by atoms with E-state index in [1.54, 1.807) is 11.3 Å². The van der Waals surface area contributed by atoms with Crippen LogP contribution in [-0.4, -0.2) is 4.98 Å². The molecule has 106 valence electrons. The summed E-state index contributed by atoms with van der Waals surface area (Å²) in [6, 6.07) is 17.5. The Morgan fingerprint density at radius 1 is 1.05 bits per heavy atom. The quantitative estimate of drug-likeness (QED) is 0.752. The molecule has 1 unspecified atom stereocenters. The largest absolute Gasteiger partial charge is 0.318 e. The SMILES string of the molecule is Cc1sc(C(N)c2ccccc2Cl)nc1-c1ccccc1. The van der Waals surface area contributed by atoms with Crippen LogP contribution in [0.5, 0.6) is 0 Å². The number of hydrogen-bond donors (Lipinski definition) is 1. The molecule has 0 aliphatic heterocycles. The molecular formula is C17H15ClN2S. The van der Waals surface area contributed by atoms with Crippen LogP contribution in [0.4, 0.5) is 0 Å². The molecule has 0 amide bonds. The van der Waals surface area contributed by atoms with Crippen molar-refractivity contribution in [1.82, 2.24) is 4.98 Å². The predicted molar refractivity (Wildman–Crippen MR) is 89.8 cm³/mol. The summed E-state index contributed by atoms with van der Waals surface area (Å²) < 4.78 is 0. The maximum Gasteiger partial charge on any atom is 0.115 e. The Balaban J connectivity index is 2.00. The fourth-order valence-electron chi connectivity index (χ4n) is 2.27. The Labute approximate surface area is 133 Å². The highest BCUT2D eigenvalue weighted by atomic mass is 35.5. The zero-order valence-corrected chi connectivity index (χ0v) is 13.2. The summed E-state index contributed by atoms with van der Waals surface area (Å²) in [5.41, 5.74) is 9.36. The summed E-state index contributed by atoms with van der Waals surface area (Å²) in [6.45, 7) is 2.07. The molecule has 3 aromatic rings. The van der Waals surface area contributed by atoms with Gasteiger partial charge in [0.1, 0.15) is 5.01 Å². The topological polar surface area (TPSA) is 38.9 Å². The van der Waals surface area contributed by atoms with Gasteiger partial charge in [-0.15, -0.1) is 11.3 Å². The molecule has 2 aromatic carbocycles. The van der Waals surface area contributed by atoms with E-state index in [0.717, 1.165) is 21.8 Å². The number of nitrogens with two attached hydrogens (primary N) is 1. The van der Waals surface area contributed by atoms with Gasteiger partial charge in [0, 0.05) is 15.5 Å². The first-order valence-corrected chi connectivity index (χ1v) is 7.89. The normalized spacial score (nSPS) is 12.3. The fourth-order valence-corrected chi connectivity index (χ4v) is 3.49. The standard InChI is InChI=1S/C17H15ClN2S/c1-11-16(12-7-3-2-4-8-12)20-17(21-11)15(19)13-9-5-6-10-14(13)18/h2-10,15H,19H2,1H3. The third kappa shape index (κ3) is 2.86. The number of aromatic nitrogens is 1. The second-order valence-electron chi connectivity index (χ2n) is 4.82. The zero-order chi connectivity index (χ0) is 14.8. The molecule has 0 saturated carbocycles. The molecule has 0 aliphatic rings. The van der Waals surface area contributed by atoms with E-state index >= 15 is 0 Å². The molecule has 0 saturated heterocycles. The summed E-state index contributed by atoms with van der Waals surface area (Å²) >= 11 is 7.86. The van der Waals surface area contributed by atoms with Crippen molar-refractivity contribution in [3.05, 3.63) is 75.1 Å². The van der Waals surface area contributed by atoms with Crippen molar-refractivity contribution in [3.63, 3.8) is 0 Å². The van der Waals surface area contributed by atoms with E-state index in [2.05, 4.69) is 19.1 Å². The molecule has 4 heteroatoms. The fraction of sp³-hybridized carbons (Fsp3) is 0.118. The van der Waals surface area contributed by atoms with Crippen LogP contribution >= 0.6 is 22.9 Å². The highest BCUT2D eigenvalue weighted by Gasteiger charge is 2.18. The Morgan fingerprint density at radius 3 is 2.43 bits per heavy atom. The third-order valence-corrected chi connectivity index (χ3v) is 4.76. The van der Waals surface area contributed by atoms with Gasteiger partial charge in [0.15, 0.2) is 0 Å². The highest BCUT2D eigenvalue weighted by Crippen LogP contribution is 2.33. The van der Waals surface area contributed by atoms with E-state index in [0.29, 0.717) is 5.02 Å². The predicted octanol–water partition coefficient (Wildman–Crippen LogP) is 4.82. The Kier molecular flexibility index (Phi) is 4.06. The molecule has 0 fully saturated rings. The first-order chi connectivity index (χ1) is 10.2. The molecule has 1 aromatic heterocycles. The lowest BCUT2D eigenvalue weighted by molar-refractivity contribution is 0.859. The van der Waals surface area contributed by atoms with Gasteiger partial charge >= 0.3 is 0 Å². The monoisotopic (exact) mass is 314 g/mol. The number of rotatable bonds is 3. The molecule has 1 atom stereocenters. The maximum absolute atomic E-state index is 6.34. The van der Waals surface area contributed by atoms with Crippen LogP contribution in [0.25, 0.3) is 11.3 Å². The van der Waals surface area contributed by atoms with Crippen molar-refractivity contribution >= 4 is 22.9 Å². The summed E-state index contributed by atoms with van der Waals surface area (Å²) in [6.07, 6.45) is 0. The second-order valence-corrected chi connectivity index (χ2v) is 6.46. The van der Waals surface area contributed by atoms with Crippen LogP contribution in [0.1, 0.15) is 21.5 Å². The van der Waals surface area contributed by atoms with E-state index in [1.165, 1.54) is 4.88 Å². The van der Waals surface area contributed by atoms with Crippen LogP contribution in [0.15, 0.2) is 54.6 Å². The van der Waals surface area contributed by atoms with E-state index < -0.39 is 0 Å². The summed E-state index contributed by atoms with van der Waals surface area (Å²) in [5.74, 6) is 0. The van der Waals surface area contributed by atoms with E-state index in [4.69, 9.17) is 22.3 Å². The molecule has 0 aliphatic carbocycles. The number of aryl methyl sites for hydroxylation is 1. The first kappa shape index (κ1) is 14.3. The van der Waals surface area contributed by atoms with Crippen molar-refractivity contribution in [3.8, 4) is 11.3 Å². The highest BCUT2D eigenvalue weighted by molar-refractivity contribution is 7.12. The minimum atomic E-state index is -0.292. The van der Waals surface area contributed by atoms with Crippen LogP contribution in [0, 0.1) is 6.92 Å². The van der Waals surface area contributed by atoms with Crippen molar-refractivity contribution in [2.24, 2.45) is 5.73 Å². The van der Waals surface area contributed by atoms with Crippen LogP contribution in [-0.2, 0) is 0 Å². The van der Waals surface area contributed by atoms with Gasteiger partial charge in [-0.3, -0.25) is 0 Å². The summed E-state index contributed by atoms with van der Waals surface area (Å²) in [5, 5.41) is 1.57. The number of thiazole rings is 1. The molecule has 1 heterocycles.